The number of rotatable bonds is 6. The molecule has 0 saturated heterocycles. The monoisotopic (exact) mass is 408 g/mol. The van der Waals surface area contributed by atoms with E-state index in [0.29, 0.717) is 23.0 Å². The van der Waals surface area contributed by atoms with Gasteiger partial charge in [-0.15, -0.1) is 0 Å². The van der Waals surface area contributed by atoms with Gasteiger partial charge in [0.1, 0.15) is 5.75 Å². The third kappa shape index (κ3) is 4.45. The Hall–Kier alpha value is -2.45. The minimum absolute atomic E-state index is 0.0592. The average Bonchev–Trinajstić information content (AvgIpc) is 3.07. The number of nitrogens with two attached hydrogens (primary N) is 1. The Morgan fingerprint density at radius 2 is 2.11 bits per heavy atom. The molecule has 0 spiro atoms. The van der Waals surface area contributed by atoms with Gasteiger partial charge >= 0.3 is 0 Å². The van der Waals surface area contributed by atoms with Gasteiger partial charge in [-0.1, -0.05) is 29.8 Å². The van der Waals surface area contributed by atoms with Crippen LogP contribution in [0, 0.1) is 0 Å². The van der Waals surface area contributed by atoms with Crippen molar-refractivity contribution in [3.05, 3.63) is 53.1 Å². The first-order valence-corrected chi connectivity index (χ1v) is 10.4. The van der Waals surface area contributed by atoms with E-state index >= 15 is 0 Å². The van der Waals surface area contributed by atoms with Gasteiger partial charge in [-0.25, -0.2) is 8.42 Å². The topological polar surface area (TPSA) is 97.0 Å². The Labute approximate surface area is 163 Å². The van der Waals surface area contributed by atoms with E-state index in [0.717, 1.165) is 17.7 Å². The number of hydrogen-bond acceptors (Lipinski definition) is 4. The molecule has 3 N–H and O–H groups in total. The minimum Gasteiger partial charge on any atom is -0.495 e. The molecule has 27 heavy (non-hydrogen) atoms. The summed E-state index contributed by atoms with van der Waals surface area (Å²) >= 11 is 6.06. The van der Waals surface area contributed by atoms with E-state index < -0.39 is 10.0 Å². The minimum atomic E-state index is -3.45. The van der Waals surface area contributed by atoms with Crippen LogP contribution in [-0.4, -0.2) is 40.3 Å². The van der Waals surface area contributed by atoms with E-state index in [1.165, 1.54) is 11.4 Å². The van der Waals surface area contributed by atoms with Gasteiger partial charge < -0.3 is 15.8 Å². The standard InChI is InChI=1S/C18H21ClN4O3S/c1-26-17-7-6-14(12-15(17)19)22-18(20)21-9-11-27(24,25)23-10-8-13-4-2-3-5-16(13)23/h2-7,12H,8-11H2,1H3,(H3,20,21,22). The Kier molecular flexibility index (Phi) is 5.76. The summed E-state index contributed by atoms with van der Waals surface area (Å²) in [7, 11) is -1.92. The number of fused-ring (bicyclic) bond motifs is 1. The predicted octanol–water partition coefficient (Wildman–Crippen LogP) is 2.47. The number of anilines is 2. The summed E-state index contributed by atoms with van der Waals surface area (Å²) in [5.41, 5.74) is 8.27. The summed E-state index contributed by atoms with van der Waals surface area (Å²) in [5, 5.41) is 3.32. The van der Waals surface area contributed by atoms with Crippen LogP contribution in [0.15, 0.2) is 47.5 Å². The number of methoxy groups -OCH3 is 1. The van der Waals surface area contributed by atoms with Gasteiger partial charge in [0, 0.05) is 12.2 Å². The summed E-state index contributed by atoms with van der Waals surface area (Å²) in [4.78, 5) is 4.11. The summed E-state index contributed by atoms with van der Waals surface area (Å²) in [6.45, 7) is 0.521. The Balaban J connectivity index is 1.60. The second kappa shape index (κ2) is 8.06. The molecule has 2 aromatic rings. The van der Waals surface area contributed by atoms with Gasteiger partial charge in [-0.2, -0.15) is 0 Å². The van der Waals surface area contributed by atoms with Gasteiger partial charge in [0.05, 0.1) is 30.1 Å². The maximum Gasteiger partial charge on any atom is 0.237 e. The molecule has 7 nitrogen and oxygen atoms in total. The van der Waals surface area contributed by atoms with Crippen LogP contribution in [0.25, 0.3) is 0 Å². The Morgan fingerprint density at radius 1 is 1.33 bits per heavy atom. The fourth-order valence-electron chi connectivity index (χ4n) is 2.92. The van der Waals surface area contributed by atoms with Crippen molar-refractivity contribution >= 4 is 39.0 Å². The van der Waals surface area contributed by atoms with Gasteiger partial charge in [-0.3, -0.25) is 9.30 Å². The Bertz CT molecular complexity index is 963. The van der Waals surface area contributed by atoms with Crippen LogP contribution in [0.4, 0.5) is 11.4 Å². The summed E-state index contributed by atoms with van der Waals surface area (Å²) in [5.74, 6) is 0.551. The zero-order valence-electron chi connectivity index (χ0n) is 14.9. The fraction of sp³-hybridized carbons (Fsp3) is 0.278. The van der Waals surface area contributed by atoms with Crippen molar-refractivity contribution in [1.29, 1.82) is 0 Å². The Morgan fingerprint density at radius 3 is 2.85 bits per heavy atom. The molecule has 0 aliphatic carbocycles. The van der Waals surface area contributed by atoms with Crippen molar-refractivity contribution in [2.24, 2.45) is 10.7 Å². The second-order valence-corrected chi connectivity index (χ2v) is 8.43. The molecule has 0 unspecified atom stereocenters. The van der Waals surface area contributed by atoms with Gasteiger partial charge in [0.2, 0.25) is 10.0 Å². The molecule has 0 atom stereocenters. The molecule has 3 rings (SSSR count). The fourth-order valence-corrected chi connectivity index (χ4v) is 4.57. The molecule has 0 aromatic heterocycles. The number of ether oxygens (including phenoxy) is 1. The number of para-hydroxylation sites is 1. The van der Waals surface area contributed by atoms with Crippen molar-refractivity contribution in [3.8, 4) is 5.75 Å². The third-order valence-corrected chi connectivity index (χ3v) is 6.28. The lowest BCUT2D eigenvalue weighted by atomic mass is 10.2. The highest BCUT2D eigenvalue weighted by atomic mass is 35.5. The zero-order chi connectivity index (χ0) is 19.4. The molecule has 1 aliphatic heterocycles. The first-order valence-electron chi connectivity index (χ1n) is 8.39. The van der Waals surface area contributed by atoms with E-state index in [-0.39, 0.29) is 18.3 Å². The highest BCUT2D eigenvalue weighted by molar-refractivity contribution is 7.92. The molecule has 0 fully saturated rings. The molecule has 1 heterocycles. The number of nitrogens with one attached hydrogen (secondary N) is 1. The SMILES string of the molecule is COc1ccc(NC(N)=NCCS(=O)(=O)N2CCc3ccccc32)cc1Cl. The van der Waals surface area contributed by atoms with Crippen LogP contribution in [0.1, 0.15) is 5.56 Å². The highest BCUT2D eigenvalue weighted by Crippen LogP contribution is 2.30. The largest absolute Gasteiger partial charge is 0.495 e. The van der Waals surface area contributed by atoms with Crippen molar-refractivity contribution in [2.75, 3.05) is 35.6 Å². The van der Waals surface area contributed by atoms with Crippen LogP contribution >= 0.6 is 11.6 Å². The molecule has 0 amide bonds. The third-order valence-electron chi connectivity index (χ3n) is 4.24. The second-order valence-electron chi connectivity index (χ2n) is 6.01. The molecule has 9 heteroatoms. The number of nitrogens with zero attached hydrogens (tertiary/aromatic N) is 2. The number of guanidine groups is 1. The first kappa shape index (κ1) is 19.3. The van der Waals surface area contributed by atoms with Gasteiger partial charge in [-0.05, 0) is 36.2 Å². The van der Waals surface area contributed by atoms with Gasteiger partial charge in [0.25, 0.3) is 0 Å². The lowest BCUT2D eigenvalue weighted by Crippen LogP contribution is -2.33. The predicted molar refractivity (Wildman–Crippen MR) is 109 cm³/mol. The van der Waals surface area contributed by atoms with Crippen LogP contribution in [0.5, 0.6) is 5.75 Å². The average molecular weight is 409 g/mol. The summed E-state index contributed by atoms with van der Waals surface area (Å²) < 4.78 is 31.8. The zero-order valence-corrected chi connectivity index (χ0v) is 16.4. The van der Waals surface area contributed by atoms with Crippen LogP contribution < -0.4 is 20.1 Å². The number of hydrogen-bond donors (Lipinski definition) is 2. The molecule has 0 bridgehead atoms. The quantitative estimate of drug-likeness (QED) is 0.565. The maximum atomic E-state index is 12.6. The summed E-state index contributed by atoms with van der Waals surface area (Å²) in [6, 6.07) is 12.6. The normalized spacial score (nSPS) is 14.1. The van der Waals surface area contributed by atoms with Crippen LogP contribution in [0.2, 0.25) is 5.02 Å². The number of aliphatic imine (C=N–C) groups is 1. The maximum absolute atomic E-state index is 12.6. The highest BCUT2D eigenvalue weighted by Gasteiger charge is 2.28. The van der Waals surface area contributed by atoms with E-state index in [2.05, 4.69) is 10.3 Å². The molecule has 1 aliphatic rings. The lowest BCUT2D eigenvalue weighted by molar-refractivity contribution is 0.415. The smallest absolute Gasteiger partial charge is 0.237 e. The van der Waals surface area contributed by atoms with E-state index in [1.54, 1.807) is 18.2 Å². The number of sulfonamides is 1. The van der Waals surface area contributed by atoms with E-state index in [1.807, 2.05) is 24.3 Å². The first-order chi connectivity index (χ1) is 12.9. The molecule has 2 aromatic carbocycles. The molecular formula is C18H21ClN4O3S. The van der Waals surface area contributed by atoms with E-state index in [4.69, 9.17) is 22.1 Å². The lowest BCUT2D eigenvalue weighted by Gasteiger charge is -2.19. The summed E-state index contributed by atoms with van der Waals surface area (Å²) in [6.07, 6.45) is 0.723. The number of halogens is 1. The van der Waals surface area contributed by atoms with E-state index in [9.17, 15) is 8.42 Å². The van der Waals surface area contributed by atoms with Gasteiger partial charge in [0.15, 0.2) is 5.96 Å². The van der Waals surface area contributed by atoms with Crippen LogP contribution in [0.3, 0.4) is 0 Å². The van der Waals surface area contributed by atoms with Crippen molar-refractivity contribution in [2.45, 2.75) is 6.42 Å². The van der Waals surface area contributed by atoms with Crippen molar-refractivity contribution in [1.82, 2.24) is 0 Å². The van der Waals surface area contributed by atoms with Crippen molar-refractivity contribution in [3.63, 3.8) is 0 Å². The van der Waals surface area contributed by atoms with Crippen molar-refractivity contribution < 1.29 is 13.2 Å². The molecular weight excluding hydrogens is 388 g/mol. The number of benzene rings is 2. The molecule has 0 saturated carbocycles. The molecule has 0 radical (unpaired) electrons. The molecule has 144 valence electrons. The van der Waals surface area contributed by atoms with Crippen LogP contribution in [-0.2, 0) is 16.4 Å².